The van der Waals surface area contributed by atoms with Gasteiger partial charge in [0.2, 0.25) is 0 Å². The Balaban J connectivity index is 1.75. The SMILES string of the molecule is COCCN(C(=O)COc1ccccc1)C(C)c1nc2ccccc2c(=O)n1-c1ccccc1. The van der Waals surface area contributed by atoms with Gasteiger partial charge in [0.1, 0.15) is 11.6 Å². The molecule has 0 fully saturated rings. The Labute approximate surface area is 198 Å². The molecule has 1 atom stereocenters. The van der Waals surface area contributed by atoms with E-state index >= 15 is 0 Å². The van der Waals surface area contributed by atoms with Gasteiger partial charge < -0.3 is 14.4 Å². The summed E-state index contributed by atoms with van der Waals surface area (Å²) in [4.78, 5) is 33.3. The third kappa shape index (κ3) is 5.00. The number of hydrogen-bond acceptors (Lipinski definition) is 5. The van der Waals surface area contributed by atoms with Crippen LogP contribution in [0.5, 0.6) is 5.75 Å². The summed E-state index contributed by atoms with van der Waals surface area (Å²) < 4.78 is 12.5. The Bertz CT molecular complexity index is 1310. The fourth-order valence-corrected chi connectivity index (χ4v) is 3.86. The van der Waals surface area contributed by atoms with E-state index in [9.17, 15) is 9.59 Å². The van der Waals surface area contributed by atoms with Crippen molar-refractivity contribution in [3.05, 3.63) is 101 Å². The lowest BCUT2D eigenvalue weighted by Gasteiger charge is -2.30. The maximum atomic E-state index is 13.5. The number of amides is 1. The number of carbonyl (C=O) groups is 1. The quantitative estimate of drug-likeness (QED) is 0.380. The van der Waals surface area contributed by atoms with Crippen LogP contribution in [0, 0.1) is 0 Å². The Hall–Kier alpha value is -3.97. The monoisotopic (exact) mass is 457 g/mol. The van der Waals surface area contributed by atoms with Crippen molar-refractivity contribution in [3.8, 4) is 11.4 Å². The van der Waals surface area contributed by atoms with Gasteiger partial charge in [0.05, 0.1) is 29.2 Å². The molecule has 1 amide bonds. The van der Waals surface area contributed by atoms with Crippen molar-refractivity contribution in [2.45, 2.75) is 13.0 Å². The topological polar surface area (TPSA) is 73.7 Å². The predicted molar refractivity (Wildman–Crippen MR) is 131 cm³/mol. The van der Waals surface area contributed by atoms with Gasteiger partial charge in [-0.25, -0.2) is 4.98 Å². The van der Waals surface area contributed by atoms with E-state index in [1.54, 1.807) is 34.8 Å². The van der Waals surface area contributed by atoms with Crippen molar-refractivity contribution in [3.63, 3.8) is 0 Å². The summed E-state index contributed by atoms with van der Waals surface area (Å²) in [5.74, 6) is 0.856. The highest BCUT2D eigenvalue weighted by atomic mass is 16.5. The second-order valence-electron chi connectivity index (χ2n) is 7.82. The smallest absolute Gasteiger partial charge is 0.266 e. The second kappa shape index (κ2) is 10.8. The molecule has 1 aromatic heterocycles. The number of rotatable bonds is 9. The van der Waals surface area contributed by atoms with Crippen molar-refractivity contribution in [1.29, 1.82) is 0 Å². The van der Waals surface area contributed by atoms with Gasteiger partial charge in [-0.2, -0.15) is 0 Å². The van der Waals surface area contributed by atoms with E-state index in [-0.39, 0.29) is 18.1 Å². The van der Waals surface area contributed by atoms with Gasteiger partial charge in [0.25, 0.3) is 11.5 Å². The number of fused-ring (bicyclic) bond motifs is 1. The van der Waals surface area contributed by atoms with Crippen LogP contribution < -0.4 is 10.3 Å². The number of nitrogens with zero attached hydrogens (tertiary/aromatic N) is 3. The van der Waals surface area contributed by atoms with Crippen molar-refractivity contribution in [2.24, 2.45) is 0 Å². The third-order valence-corrected chi connectivity index (χ3v) is 5.62. The first-order valence-electron chi connectivity index (χ1n) is 11.1. The average Bonchev–Trinajstić information content (AvgIpc) is 2.88. The lowest BCUT2D eigenvalue weighted by atomic mass is 10.2. The summed E-state index contributed by atoms with van der Waals surface area (Å²) in [7, 11) is 1.59. The standard InChI is InChI=1S/C27H27N3O4/c1-20(29(17-18-33-2)25(31)19-34-22-13-7-4-8-14-22)26-28-24-16-10-9-15-23(24)27(32)30(26)21-11-5-3-6-12-21/h3-16,20H,17-19H2,1-2H3. The second-order valence-corrected chi connectivity index (χ2v) is 7.82. The number of para-hydroxylation sites is 3. The zero-order valence-electron chi connectivity index (χ0n) is 19.3. The molecule has 3 aromatic carbocycles. The first kappa shape index (κ1) is 23.2. The van der Waals surface area contributed by atoms with Crippen LogP contribution in [0.4, 0.5) is 0 Å². The molecular formula is C27H27N3O4. The zero-order chi connectivity index (χ0) is 23.9. The summed E-state index contributed by atoms with van der Waals surface area (Å²) >= 11 is 0. The minimum Gasteiger partial charge on any atom is -0.484 e. The van der Waals surface area contributed by atoms with E-state index < -0.39 is 6.04 Å². The molecule has 0 aliphatic heterocycles. The lowest BCUT2D eigenvalue weighted by Crippen LogP contribution is -2.41. The molecule has 4 aromatic rings. The number of hydrogen-bond donors (Lipinski definition) is 0. The fourth-order valence-electron chi connectivity index (χ4n) is 3.86. The highest BCUT2D eigenvalue weighted by Gasteiger charge is 2.27. The molecule has 0 saturated heterocycles. The molecule has 0 spiro atoms. The highest BCUT2D eigenvalue weighted by Crippen LogP contribution is 2.23. The lowest BCUT2D eigenvalue weighted by molar-refractivity contribution is -0.136. The maximum Gasteiger partial charge on any atom is 0.266 e. The molecule has 7 nitrogen and oxygen atoms in total. The minimum atomic E-state index is -0.514. The van der Waals surface area contributed by atoms with Crippen molar-refractivity contribution in [2.75, 3.05) is 26.9 Å². The molecule has 34 heavy (non-hydrogen) atoms. The summed E-state index contributed by atoms with van der Waals surface area (Å²) in [6.45, 7) is 2.39. The number of methoxy groups -OCH3 is 1. The highest BCUT2D eigenvalue weighted by molar-refractivity contribution is 5.79. The molecule has 0 saturated carbocycles. The summed E-state index contributed by atoms with van der Waals surface area (Å²) in [5, 5.41) is 0.518. The molecular weight excluding hydrogens is 430 g/mol. The maximum absolute atomic E-state index is 13.5. The normalized spacial score (nSPS) is 11.8. The first-order valence-corrected chi connectivity index (χ1v) is 11.1. The summed E-state index contributed by atoms with van der Waals surface area (Å²) in [6.07, 6.45) is 0. The molecule has 1 unspecified atom stereocenters. The van der Waals surface area contributed by atoms with Crippen LogP contribution in [0.15, 0.2) is 89.7 Å². The number of carbonyl (C=O) groups excluding carboxylic acids is 1. The molecule has 0 aliphatic rings. The molecule has 4 rings (SSSR count). The summed E-state index contributed by atoms with van der Waals surface area (Å²) in [5.41, 5.74) is 1.09. The summed E-state index contributed by atoms with van der Waals surface area (Å²) in [6, 6.07) is 25.2. The van der Waals surface area contributed by atoms with Gasteiger partial charge in [-0.15, -0.1) is 0 Å². The van der Waals surface area contributed by atoms with Crippen LogP contribution in [-0.2, 0) is 9.53 Å². The van der Waals surface area contributed by atoms with Crippen LogP contribution in [0.25, 0.3) is 16.6 Å². The molecule has 0 aliphatic carbocycles. The molecule has 1 heterocycles. The molecule has 0 N–H and O–H groups in total. The van der Waals surface area contributed by atoms with Crippen molar-refractivity contribution in [1.82, 2.24) is 14.5 Å². The van der Waals surface area contributed by atoms with E-state index in [0.29, 0.717) is 41.3 Å². The molecule has 174 valence electrons. The molecule has 7 heteroatoms. The van der Waals surface area contributed by atoms with E-state index in [1.165, 1.54) is 0 Å². The van der Waals surface area contributed by atoms with E-state index in [0.717, 1.165) is 0 Å². The van der Waals surface area contributed by atoms with Crippen LogP contribution in [0.3, 0.4) is 0 Å². The van der Waals surface area contributed by atoms with Crippen molar-refractivity contribution < 1.29 is 14.3 Å². The van der Waals surface area contributed by atoms with E-state index in [1.807, 2.05) is 73.7 Å². The Morgan fingerprint density at radius 2 is 1.62 bits per heavy atom. The van der Waals surface area contributed by atoms with Gasteiger partial charge in [-0.3, -0.25) is 14.2 Å². The zero-order valence-corrected chi connectivity index (χ0v) is 19.3. The number of ether oxygens (including phenoxy) is 2. The Kier molecular flexibility index (Phi) is 7.34. The third-order valence-electron chi connectivity index (χ3n) is 5.62. The van der Waals surface area contributed by atoms with Gasteiger partial charge in [0.15, 0.2) is 6.61 Å². The van der Waals surface area contributed by atoms with Gasteiger partial charge in [-0.05, 0) is 43.3 Å². The van der Waals surface area contributed by atoms with Crippen LogP contribution in [0.1, 0.15) is 18.8 Å². The van der Waals surface area contributed by atoms with Crippen LogP contribution in [0.2, 0.25) is 0 Å². The van der Waals surface area contributed by atoms with Gasteiger partial charge >= 0.3 is 0 Å². The molecule has 0 bridgehead atoms. The Morgan fingerprint density at radius 1 is 0.971 bits per heavy atom. The first-order chi connectivity index (χ1) is 16.6. The predicted octanol–water partition coefficient (Wildman–Crippen LogP) is 4.00. The number of aromatic nitrogens is 2. The minimum absolute atomic E-state index is 0.138. The van der Waals surface area contributed by atoms with Gasteiger partial charge in [-0.1, -0.05) is 48.5 Å². The largest absolute Gasteiger partial charge is 0.484 e. The van der Waals surface area contributed by atoms with E-state index in [2.05, 4.69) is 0 Å². The number of benzene rings is 3. The average molecular weight is 458 g/mol. The Morgan fingerprint density at radius 3 is 2.32 bits per heavy atom. The van der Waals surface area contributed by atoms with Crippen LogP contribution in [-0.4, -0.2) is 47.2 Å². The fraction of sp³-hybridized carbons (Fsp3) is 0.222. The van der Waals surface area contributed by atoms with Gasteiger partial charge in [0, 0.05) is 13.7 Å². The van der Waals surface area contributed by atoms with E-state index in [4.69, 9.17) is 14.5 Å². The molecule has 0 radical (unpaired) electrons. The van der Waals surface area contributed by atoms with Crippen molar-refractivity contribution >= 4 is 16.8 Å². The van der Waals surface area contributed by atoms with Crippen LogP contribution >= 0.6 is 0 Å².